The molecule has 28 heavy (non-hydrogen) atoms. The highest BCUT2D eigenvalue weighted by molar-refractivity contribution is 9.10. The molecule has 0 aromatic heterocycles. The first-order chi connectivity index (χ1) is 13.4. The van der Waals surface area contributed by atoms with Crippen LogP contribution in [0.1, 0.15) is 24.5 Å². The minimum Gasteiger partial charge on any atom is -0.478 e. The minimum absolute atomic E-state index is 0.0382. The predicted octanol–water partition coefficient (Wildman–Crippen LogP) is 4.22. The summed E-state index contributed by atoms with van der Waals surface area (Å²) in [6.45, 7) is 1.72. The van der Waals surface area contributed by atoms with Crippen LogP contribution in [0.15, 0.2) is 63.7 Å². The summed E-state index contributed by atoms with van der Waals surface area (Å²) in [4.78, 5) is 24.6. The van der Waals surface area contributed by atoms with Crippen molar-refractivity contribution in [2.24, 2.45) is 11.0 Å². The summed E-state index contributed by atoms with van der Waals surface area (Å²) in [5.41, 5.74) is 2.45. The maximum absolute atomic E-state index is 12.8. The Hall–Kier alpha value is -3.24. The number of carboxylic acids is 1. The molecular formula is C21H16BrN3O3. The molecule has 3 rings (SSSR count). The van der Waals surface area contributed by atoms with Gasteiger partial charge in [-0.05, 0) is 61.4 Å². The summed E-state index contributed by atoms with van der Waals surface area (Å²) < 4.78 is 0.888. The van der Waals surface area contributed by atoms with Crippen molar-refractivity contribution in [3.05, 3.63) is 69.7 Å². The first-order valence-electron chi connectivity index (χ1n) is 8.47. The van der Waals surface area contributed by atoms with Gasteiger partial charge in [0, 0.05) is 15.8 Å². The molecule has 1 heterocycles. The molecule has 0 bridgehead atoms. The number of hydrogen-bond donors (Lipinski definition) is 1. The number of halogens is 1. The Morgan fingerprint density at radius 2 is 1.89 bits per heavy atom. The summed E-state index contributed by atoms with van der Waals surface area (Å²) in [6, 6.07) is 15.8. The van der Waals surface area contributed by atoms with Gasteiger partial charge in [-0.1, -0.05) is 28.1 Å². The molecule has 2 aromatic carbocycles. The second-order valence-corrected chi connectivity index (χ2v) is 7.25. The molecular weight excluding hydrogens is 422 g/mol. The first-order valence-corrected chi connectivity index (χ1v) is 9.27. The van der Waals surface area contributed by atoms with Crippen LogP contribution in [0.4, 0.5) is 5.69 Å². The van der Waals surface area contributed by atoms with E-state index in [0.29, 0.717) is 22.5 Å². The number of carboxylic acid groups (broad SMARTS) is 1. The second kappa shape index (κ2) is 8.19. The summed E-state index contributed by atoms with van der Waals surface area (Å²) in [6.07, 6.45) is 1.56. The van der Waals surface area contributed by atoms with Gasteiger partial charge in [-0.3, -0.25) is 4.79 Å². The Morgan fingerprint density at radius 1 is 1.25 bits per heavy atom. The van der Waals surface area contributed by atoms with E-state index in [4.69, 9.17) is 5.26 Å². The van der Waals surface area contributed by atoms with Crippen LogP contribution in [0.2, 0.25) is 0 Å². The van der Waals surface area contributed by atoms with Gasteiger partial charge >= 0.3 is 5.97 Å². The minimum atomic E-state index is -1.09. The molecule has 1 atom stereocenters. The van der Waals surface area contributed by atoms with Crippen LogP contribution in [0, 0.1) is 17.2 Å². The van der Waals surface area contributed by atoms with Crippen LogP contribution in [0.25, 0.3) is 6.08 Å². The number of nitriles is 1. The zero-order valence-corrected chi connectivity index (χ0v) is 16.5. The molecule has 0 spiro atoms. The fraction of sp³-hybridized carbons (Fsp3) is 0.143. The highest BCUT2D eigenvalue weighted by atomic mass is 79.9. The number of hydrogen-bond acceptors (Lipinski definition) is 4. The van der Waals surface area contributed by atoms with Gasteiger partial charge in [-0.15, -0.1) is 0 Å². The van der Waals surface area contributed by atoms with Gasteiger partial charge in [0.25, 0.3) is 5.91 Å². The lowest BCUT2D eigenvalue weighted by molar-refractivity contribution is -0.132. The normalized spacial score (nSPS) is 16.7. The van der Waals surface area contributed by atoms with Crippen molar-refractivity contribution < 1.29 is 14.7 Å². The number of rotatable bonds is 5. The molecule has 1 N–H and O–H groups in total. The molecule has 0 saturated heterocycles. The highest BCUT2D eigenvalue weighted by Crippen LogP contribution is 2.29. The number of nitrogens with zero attached hydrogens (tertiary/aromatic N) is 3. The largest absolute Gasteiger partial charge is 0.478 e. The lowest BCUT2D eigenvalue weighted by atomic mass is 9.94. The average Bonchev–Trinajstić information content (AvgIpc) is 2.96. The highest BCUT2D eigenvalue weighted by Gasteiger charge is 2.35. The van der Waals surface area contributed by atoms with Gasteiger partial charge < -0.3 is 5.11 Å². The average molecular weight is 438 g/mol. The van der Waals surface area contributed by atoms with Gasteiger partial charge in [-0.25, -0.2) is 9.80 Å². The molecule has 1 aliphatic rings. The third kappa shape index (κ3) is 4.18. The maximum atomic E-state index is 12.8. The molecule has 1 unspecified atom stereocenters. The molecule has 0 fully saturated rings. The van der Waals surface area contributed by atoms with E-state index in [2.05, 4.69) is 21.0 Å². The molecule has 0 saturated carbocycles. The second-order valence-electron chi connectivity index (χ2n) is 6.33. The number of anilines is 1. The molecule has 0 radical (unpaired) electrons. The quantitative estimate of drug-likeness (QED) is 0.708. The van der Waals surface area contributed by atoms with E-state index in [1.807, 2.05) is 18.2 Å². The number of carbonyl (C=O) groups is 2. The fourth-order valence-electron chi connectivity index (χ4n) is 2.89. The van der Waals surface area contributed by atoms with E-state index >= 15 is 0 Å². The monoisotopic (exact) mass is 437 g/mol. The van der Waals surface area contributed by atoms with Crippen LogP contribution in [0.3, 0.4) is 0 Å². The van der Waals surface area contributed by atoms with E-state index in [-0.39, 0.29) is 17.9 Å². The topological polar surface area (TPSA) is 93.8 Å². The van der Waals surface area contributed by atoms with Crippen LogP contribution >= 0.6 is 15.9 Å². The van der Waals surface area contributed by atoms with Gasteiger partial charge in [0.1, 0.15) is 0 Å². The van der Waals surface area contributed by atoms with E-state index < -0.39 is 11.9 Å². The fourth-order valence-corrected chi connectivity index (χ4v) is 3.15. The Labute approximate surface area is 170 Å². The van der Waals surface area contributed by atoms with Crippen molar-refractivity contribution in [2.45, 2.75) is 13.3 Å². The van der Waals surface area contributed by atoms with Gasteiger partial charge in [0.05, 0.1) is 23.2 Å². The van der Waals surface area contributed by atoms with Crippen molar-refractivity contribution in [3.63, 3.8) is 0 Å². The zero-order chi connectivity index (χ0) is 20.3. The summed E-state index contributed by atoms with van der Waals surface area (Å²) in [7, 11) is 0. The number of amides is 1. The summed E-state index contributed by atoms with van der Waals surface area (Å²) in [5, 5.41) is 24.1. The van der Waals surface area contributed by atoms with Gasteiger partial charge in [-0.2, -0.15) is 10.4 Å². The van der Waals surface area contributed by atoms with E-state index in [1.165, 1.54) is 11.1 Å². The number of benzene rings is 2. The predicted molar refractivity (Wildman–Crippen MR) is 110 cm³/mol. The Morgan fingerprint density at radius 3 is 2.46 bits per heavy atom. The van der Waals surface area contributed by atoms with Crippen molar-refractivity contribution in [1.82, 2.24) is 0 Å². The van der Waals surface area contributed by atoms with E-state index in [9.17, 15) is 14.7 Å². The first kappa shape index (κ1) is 19.5. The summed E-state index contributed by atoms with van der Waals surface area (Å²) >= 11 is 3.35. The van der Waals surface area contributed by atoms with Crippen LogP contribution in [-0.2, 0) is 9.59 Å². The Balaban J connectivity index is 1.83. The van der Waals surface area contributed by atoms with Gasteiger partial charge in [0.2, 0.25) is 0 Å². The Kier molecular flexibility index (Phi) is 5.71. The van der Waals surface area contributed by atoms with Crippen LogP contribution in [-0.4, -0.2) is 22.7 Å². The Bertz CT molecular complexity index is 1020. The molecule has 140 valence electrons. The smallest absolute Gasteiger partial charge is 0.331 e. The van der Waals surface area contributed by atoms with E-state index in [1.54, 1.807) is 43.3 Å². The zero-order valence-electron chi connectivity index (χ0n) is 15.0. The standard InChI is InChI=1S/C21H16BrN3O3/c1-13-19(20(26)25(24-13)18-8-6-17(22)7-9-18)11-16(21(27)28)10-14-2-4-15(12-23)5-3-14/h2-10,19H,11H2,1H3,(H,27,28). The van der Waals surface area contributed by atoms with Crippen molar-refractivity contribution in [2.75, 3.05) is 5.01 Å². The van der Waals surface area contributed by atoms with Crippen LogP contribution in [0.5, 0.6) is 0 Å². The van der Waals surface area contributed by atoms with Gasteiger partial charge in [0.15, 0.2) is 0 Å². The number of carbonyl (C=O) groups excluding carboxylic acids is 1. The molecule has 1 amide bonds. The third-order valence-corrected chi connectivity index (χ3v) is 4.95. The van der Waals surface area contributed by atoms with Crippen molar-refractivity contribution in [3.8, 4) is 6.07 Å². The lowest BCUT2D eigenvalue weighted by Crippen LogP contribution is -2.28. The van der Waals surface area contributed by atoms with Crippen molar-refractivity contribution in [1.29, 1.82) is 5.26 Å². The van der Waals surface area contributed by atoms with E-state index in [0.717, 1.165) is 4.47 Å². The SMILES string of the molecule is CC1=NN(c2ccc(Br)cc2)C(=O)C1CC(=Cc1ccc(C#N)cc1)C(=O)O. The molecule has 6 nitrogen and oxygen atoms in total. The summed E-state index contributed by atoms with van der Waals surface area (Å²) in [5.74, 6) is -1.98. The third-order valence-electron chi connectivity index (χ3n) is 4.42. The molecule has 1 aliphatic heterocycles. The molecule has 2 aromatic rings. The number of hydrazone groups is 1. The van der Waals surface area contributed by atoms with Crippen molar-refractivity contribution >= 4 is 45.3 Å². The maximum Gasteiger partial charge on any atom is 0.331 e. The molecule has 7 heteroatoms. The number of aliphatic carboxylic acids is 1. The van der Waals surface area contributed by atoms with Crippen LogP contribution < -0.4 is 5.01 Å². The lowest BCUT2D eigenvalue weighted by Gasteiger charge is -2.15. The molecule has 0 aliphatic carbocycles.